The Balaban J connectivity index is 2.34. The summed E-state index contributed by atoms with van der Waals surface area (Å²) in [6, 6.07) is 7.38. The number of hydrogen-bond donors (Lipinski definition) is 1. The molecule has 1 N–H and O–H groups in total. The molecule has 1 amide bonds. The maximum absolute atomic E-state index is 12.0. The Morgan fingerprint density at radius 1 is 1.35 bits per heavy atom. The first-order chi connectivity index (χ1) is 9.51. The molecule has 0 aliphatic rings. The highest BCUT2D eigenvalue weighted by atomic mass is 16.2. The first-order valence-electron chi connectivity index (χ1n) is 6.90. The summed E-state index contributed by atoms with van der Waals surface area (Å²) in [5.74, 6) is -0.0372. The number of pyridine rings is 1. The second kappa shape index (κ2) is 5.90. The van der Waals surface area contributed by atoms with Crippen LogP contribution in [0.5, 0.6) is 0 Å². The summed E-state index contributed by atoms with van der Waals surface area (Å²) in [6.45, 7) is 6.18. The van der Waals surface area contributed by atoms with Crippen LogP contribution >= 0.6 is 0 Å². The number of carbonyl (C=O) groups is 1. The number of carbonyl (C=O) groups excluding carboxylic acids is 1. The zero-order valence-corrected chi connectivity index (χ0v) is 12.1. The third-order valence-electron chi connectivity index (χ3n) is 3.47. The number of aryl methyl sites for hydroxylation is 1. The van der Waals surface area contributed by atoms with Gasteiger partial charge in [-0.1, -0.05) is 18.6 Å². The van der Waals surface area contributed by atoms with Gasteiger partial charge in [0.05, 0.1) is 5.52 Å². The average molecular weight is 272 g/mol. The van der Waals surface area contributed by atoms with E-state index in [1.165, 1.54) is 6.07 Å². The molecule has 2 aromatic rings. The van der Waals surface area contributed by atoms with Crippen LogP contribution in [0.25, 0.3) is 10.9 Å². The van der Waals surface area contributed by atoms with E-state index >= 15 is 0 Å². The van der Waals surface area contributed by atoms with Gasteiger partial charge in [0, 0.05) is 23.7 Å². The first-order valence-corrected chi connectivity index (χ1v) is 6.90. The molecule has 106 valence electrons. The molecule has 1 aromatic heterocycles. The van der Waals surface area contributed by atoms with E-state index in [0.29, 0.717) is 5.39 Å². The second-order valence-electron chi connectivity index (χ2n) is 5.21. The van der Waals surface area contributed by atoms with Crippen LogP contribution in [0.1, 0.15) is 25.8 Å². The van der Waals surface area contributed by atoms with Crippen molar-refractivity contribution >= 4 is 16.8 Å². The van der Waals surface area contributed by atoms with E-state index in [-0.39, 0.29) is 23.9 Å². The SMILES string of the molecule is CC[C@@H](C)NC(=O)Cn1ccc(=O)c2cc(C)ccc21. The van der Waals surface area contributed by atoms with Gasteiger partial charge in [0.2, 0.25) is 5.91 Å². The van der Waals surface area contributed by atoms with Crippen molar-refractivity contribution in [3.8, 4) is 0 Å². The molecule has 0 fully saturated rings. The van der Waals surface area contributed by atoms with E-state index in [1.807, 2.05) is 43.5 Å². The van der Waals surface area contributed by atoms with Gasteiger partial charge in [0.1, 0.15) is 6.54 Å². The van der Waals surface area contributed by atoms with Gasteiger partial charge in [-0.05, 0) is 32.4 Å². The Morgan fingerprint density at radius 2 is 2.10 bits per heavy atom. The third-order valence-corrected chi connectivity index (χ3v) is 3.47. The summed E-state index contributed by atoms with van der Waals surface area (Å²) >= 11 is 0. The fraction of sp³-hybridized carbons (Fsp3) is 0.375. The van der Waals surface area contributed by atoms with Crippen molar-refractivity contribution in [3.05, 3.63) is 46.2 Å². The van der Waals surface area contributed by atoms with E-state index in [4.69, 9.17) is 0 Å². The van der Waals surface area contributed by atoms with Gasteiger partial charge in [-0.25, -0.2) is 0 Å². The van der Waals surface area contributed by atoms with Gasteiger partial charge in [-0.2, -0.15) is 0 Å². The van der Waals surface area contributed by atoms with Gasteiger partial charge >= 0.3 is 0 Å². The summed E-state index contributed by atoms with van der Waals surface area (Å²) in [5.41, 5.74) is 1.82. The number of rotatable bonds is 4. The van der Waals surface area contributed by atoms with E-state index < -0.39 is 0 Å². The fourth-order valence-corrected chi connectivity index (χ4v) is 2.14. The van der Waals surface area contributed by atoms with Crippen LogP contribution in [0.2, 0.25) is 0 Å². The smallest absolute Gasteiger partial charge is 0.240 e. The van der Waals surface area contributed by atoms with E-state index in [1.54, 1.807) is 6.20 Å². The number of amides is 1. The van der Waals surface area contributed by atoms with Crippen molar-refractivity contribution in [2.75, 3.05) is 0 Å². The van der Waals surface area contributed by atoms with Crippen LogP contribution in [0.3, 0.4) is 0 Å². The fourth-order valence-electron chi connectivity index (χ4n) is 2.14. The first kappa shape index (κ1) is 14.3. The van der Waals surface area contributed by atoms with E-state index in [9.17, 15) is 9.59 Å². The zero-order valence-electron chi connectivity index (χ0n) is 12.1. The molecule has 4 nitrogen and oxygen atoms in total. The van der Waals surface area contributed by atoms with Gasteiger partial charge < -0.3 is 9.88 Å². The minimum atomic E-state index is -0.0372. The lowest BCUT2D eigenvalue weighted by Gasteiger charge is -2.14. The Bertz CT molecular complexity index is 688. The standard InChI is InChI=1S/C16H20N2O2/c1-4-12(3)17-16(20)10-18-8-7-15(19)13-9-11(2)5-6-14(13)18/h5-9,12H,4,10H2,1-3H3,(H,17,20)/t12-/m1/s1. The predicted octanol–water partition coefficient (Wildman–Crippen LogP) is 2.22. The molecule has 0 bridgehead atoms. The molecule has 0 unspecified atom stereocenters. The predicted molar refractivity (Wildman–Crippen MR) is 80.8 cm³/mol. The summed E-state index contributed by atoms with van der Waals surface area (Å²) < 4.78 is 1.81. The molecule has 0 aliphatic carbocycles. The number of benzene rings is 1. The van der Waals surface area contributed by atoms with Crippen LogP contribution < -0.4 is 10.7 Å². The van der Waals surface area contributed by atoms with Crippen LogP contribution in [-0.4, -0.2) is 16.5 Å². The third kappa shape index (κ3) is 3.07. The quantitative estimate of drug-likeness (QED) is 0.928. The minimum Gasteiger partial charge on any atom is -0.352 e. The Kier molecular flexibility index (Phi) is 4.23. The highest BCUT2D eigenvalue weighted by Gasteiger charge is 2.09. The molecule has 0 spiro atoms. The number of fused-ring (bicyclic) bond motifs is 1. The average Bonchev–Trinajstić information content (AvgIpc) is 2.42. The molecule has 1 heterocycles. The number of nitrogens with zero attached hydrogens (tertiary/aromatic N) is 1. The maximum atomic E-state index is 12.0. The highest BCUT2D eigenvalue weighted by Crippen LogP contribution is 2.12. The lowest BCUT2D eigenvalue weighted by Crippen LogP contribution is -2.34. The molecule has 4 heteroatoms. The van der Waals surface area contributed by atoms with Crippen LogP contribution in [0.15, 0.2) is 35.3 Å². The van der Waals surface area contributed by atoms with Gasteiger partial charge in [0.25, 0.3) is 0 Å². The molecule has 0 aliphatic heterocycles. The van der Waals surface area contributed by atoms with Crippen LogP contribution in [-0.2, 0) is 11.3 Å². The number of hydrogen-bond acceptors (Lipinski definition) is 2. The monoisotopic (exact) mass is 272 g/mol. The van der Waals surface area contributed by atoms with Gasteiger partial charge in [-0.15, -0.1) is 0 Å². The van der Waals surface area contributed by atoms with Gasteiger partial charge in [-0.3, -0.25) is 9.59 Å². The maximum Gasteiger partial charge on any atom is 0.240 e. The van der Waals surface area contributed by atoms with Crippen molar-refractivity contribution in [1.29, 1.82) is 0 Å². The van der Waals surface area contributed by atoms with Crippen molar-refractivity contribution in [2.24, 2.45) is 0 Å². The molecular weight excluding hydrogens is 252 g/mol. The van der Waals surface area contributed by atoms with Crippen molar-refractivity contribution in [3.63, 3.8) is 0 Å². The summed E-state index contributed by atoms with van der Waals surface area (Å²) in [7, 11) is 0. The van der Waals surface area contributed by atoms with Crippen molar-refractivity contribution in [2.45, 2.75) is 39.8 Å². The van der Waals surface area contributed by atoms with Gasteiger partial charge in [0.15, 0.2) is 5.43 Å². The topological polar surface area (TPSA) is 51.1 Å². The Labute approximate surface area is 118 Å². The summed E-state index contributed by atoms with van der Waals surface area (Å²) in [6.07, 6.45) is 2.58. The van der Waals surface area contributed by atoms with E-state index in [2.05, 4.69) is 5.32 Å². The Morgan fingerprint density at radius 3 is 2.80 bits per heavy atom. The van der Waals surface area contributed by atoms with Crippen LogP contribution in [0.4, 0.5) is 0 Å². The molecule has 20 heavy (non-hydrogen) atoms. The molecule has 1 atom stereocenters. The normalized spacial score (nSPS) is 12.3. The minimum absolute atomic E-state index is 0.0118. The zero-order chi connectivity index (χ0) is 14.7. The summed E-state index contributed by atoms with van der Waals surface area (Å²) in [4.78, 5) is 23.8. The van der Waals surface area contributed by atoms with Crippen molar-refractivity contribution < 1.29 is 4.79 Å². The number of nitrogens with one attached hydrogen (secondary N) is 1. The molecule has 1 aromatic carbocycles. The molecule has 0 saturated heterocycles. The number of aromatic nitrogens is 1. The molecular formula is C16H20N2O2. The highest BCUT2D eigenvalue weighted by molar-refractivity contribution is 5.82. The molecule has 0 radical (unpaired) electrons. The van der Waals surface area contributed by atoms with Crippen molar-refractivity contribution in [1.82, 2.24) is 9.88 Å². The Hall–Kier alpha value is -2.10. The lowest BCUT2D eigenvalue weighted by atomic mass is 10.1. The van der Waals surface area contributed by atoms with Crippen LogP contribution in [0, 0.1) is 6.92 Å². The molecule has 2 rings (SSSR count). The molecule has 0 saturated carbocycles. The van der Waals surface area contributed by atoms with E-state index in [0.717, 1.165) is 17.5 Å². The largest absolute Gasteiger partial charge is 0.352 e. The lowest BCUT2D eigenvalue weighted by molar-refractivity contribution is -0.122. The summed E-state index contributed by atoms with van der Waals surface area (Å²) in [5, 5.41) is 3.59. The second-order valence-corrected chi connectivity index (χ2v) is 5.21.